The third-order valence-corrected chi connectivity index (χ3v) is 5.21. The molecular weight excluding hydrogens is 386 g/mol. The van der Waals surface area contributed by atoms with E-state index in [9.17, 15) is 4.79 Å². The molecule has 0 atom stereocenters. The molecule has 0 saturated carbocycles. The first-order valence-electron chi connectivity index (χ1n) is 10.2. The zero-order valence-electron chi connectivity index (χ0n) is 18.2. The maximum atomic E-state index is 13.4. The van der Waals surface area contributed by atoms with Gasteiger partial charge in [-0.25, -0.2) is 4.98 Å². The SMILES string of the molecule is COc1ccc(C(=O)/C(=C/c2ccc(C(C)(C)C)cc2)c2nc3ccccc3o2)cc1. The molecule has 0 bridgehead atoms. The number of aromatic nitrogens is 1. The number of ether oxygens (including phenoxy) is 1. The van der Waals surface area contributed by atoms with Crippen LogP contribution in [0.15, 0.2) is 77.2 Å². The van der Waals surface area contributed by atoms with Gasteiger partial charge in [-0.2, -0.15) is 0 Å². The summed E-state index contributed by atoms with van der Waals surface area (Å²) in [5.41, 5.74) is 4.51. The topological polar surface area (TPSA) is 52.3 Å². The zero-order valence-corrected chi connectivity index (χ0v) is 18.2. The third kappa shape index (κ3) is 4.43. The summed E-state index contributed by atoms with van der Waals surface area (Å²) in [5, 5.41) is 0. The molecule has 1 heterocycles. The van der Waals surface area contributed by atoms with Gasteiger partial charge in [0.2, 0.25) is 5.89 Å². The first-order chi connectivity index (χ1) is 14.8. The van der Waals surface area contributed by atoms with E-state index < -0.39 is 0 Å². The standard InChI is InChI=1S/C27H25NO3/c1-27(2,3)20-13-9-18(10-14-20)17-22(25(29)19-11-15-21(30-4)16-12-19)26-28-23-7-5-6-8-24(23)31-26/h5-17H,1-4H3/b22-17-. The van der Waals surface area contributed by atoms with Crippen LogP contribution in [0.25, 0.3) is 22.7 Å². The van der Waals surface area contributed by atoms with Crippen molar-refractivity contribution in [2.75, 3.05) is 7.11 Å². The second kappa shape index (κ2) is 8.23. The monoisotopic (exact) mass is 411 g/mol. The van der Waals surface area contributed by atoms with Crippen LogP contribution >= 0.6 is 0 Å². The van der Waals surface area contributed by atoms with Gasteiger partial charge in [-0.3, -0.25) is 4.79 Å². The van der Waals surface area contributed by atoms with Crippen molar-refractivity contribution in [3.05, 3.63) is 95.4 Å². The van der Waals surface area contributed by atoms with Crippen molar-refractivity contribution in [3.63, 3.8) is 0 Å². The van der Waals surface area contributed by atoms with Gasteiger partial charge < -0.3 is 9.15 Å². The third-order valence-electron chi connectivity index (χ3n) is 5.21. The Morgan fingerprint density at radius 1 is 0.935 bits per heavy atom. The van der Waals surface area contributed by atoms with Crippen molar-refractivity contribution < 1.29 is 13.9 Å². The molecule has 31 heavy (non-hydrogen) atoms. The molecule has 0 amide bonds. The molecule has 0 aliphatic heterocycles. The first kappa shape index (κ1) is 20.6. The minimum absolute atomic E-state index is 0.0598. The number of oxazole rings is 1. The summed E-state index contributed by atoms with van der Waals surface area (Å²) in [6.07, 6.45) is 1.84. The molecule has 4 nitrogen and oxygen atoms in total. The van der Waals surface area contributed by atoms with E-state index in [4.69, 9.17) is 9.15 Å². The van der Waals surface area contributed by atoms with Crippen LogP contribution in [0.2, 0.25) is 0 Å². The quantitative estimate of drug-likeness (QED) is 0.276. The second-order valence-electron chi connectivity index (χ2n) is 8.47. The Labute approximate surface area is 182 Å². The first-order valence-corrected chi connectivity index (χ1v) is 10.2. The predicted octanol–water partition coefficient (Wildman–Crippen LogP) is 6.56. The van der Waals surface area contributed by atoms with Gasteiger partial charge in [0.25, 0.3) is 0 Å². The number of carbonyl (C=O) groups excluding carboxylic acids is 1. The van der Waals surface area contributed by atoms with Crippen molar-refractivity contribution in [3.8, 4) is 5.75 Å². The summed E-state index contributed by atoms with van der Waals surface area (Å²) in [4.78, 5) is 18.0. The molecule has 0 radical (unpaired) electrons. The molecule has 0 aliphatic carbocycles. The molecule has 4 aromatic rings. The number of rotatable bonds is 5. The number of nitrogens with zero attached hydrogens (tertiary/aromatic N) is 1. The molecule has 0 fully saturated rings. The van der Waals surface area contributed by atoms with Crippen molar-refractivity contribution >= 4 is 28.5 Å². The number of ketones is 1. The van der Waals surface area contributed by atoms with Crippen LogP contribution in [0.4, 0.5) is 0 Å². The molecule has 0 saturated heterocycles. The molecule has 0 aliphatic rings. The average Bonchev–Trinajstić information content (AvgIpc) is 3.21. The fraction of sp³-hybridized carbons (Fsp3) is 0.185. The van der Waals surface area contributed by atoms with E-state index in [0.29, 0.717) is 33.9 Å². The van der Waals surface area contributed by atoms with Crippen molar-refractivity contribution in [2.45, 2.75) is 26.2 Å². The summed E-state index contributed by atoms with van der Waals surface area (Å²) < 4.78 is 11.2. The Kier molecular flexibility index (Phi) is 5.47. The number of benzene rings is 3. The van der Waals surface area contributed by atoms with Crippen LogP contribution in [-0.4, -0.2) is 17.9 Å². The highest BCUT2D eigenvalue weighted by atomic mass is 16.5. The molecular formula is C27H25NO3. The summed E-state index contributed by atoms with van der Waals surface area (Å²) in [6.45, 7) is 6.53. The Morgan fingerprint density at radius 3 is 2.23 bits per heavy atom. The number of methoxy groups -OCH3 is 1. The lowest BCUT2D eigenvalue weighted by Gasteiger charge is -2.18. The summed E-state index contributed by atoms with van der Waals surface area (Å²) in [7, 11) is 1.60. The summed E-state index contributed by atoms with van der Waals surface area (Å²) >= 11 is 0. The van der Waals surface area contributed by atoms with Crippen LogP contribution < -0.4 is 4.74 Å². The summed E-state index contributed by atoms with van der Waals surface area (Å²) in [6, 6.07) is 22.8. The Hall–Kier alpha value is -3.66. The van der Waals surface area contributed by atoms with E-state index in [1.165, 1.54) is 5.56 Å². The Morgan fingerprint density at radius 2 is 1.61 bits per heavy atom. The Balaban J connectivity index is 1.79. The van der Waals surface area contributed by atoms with Crippen molar-refractivity contribution in [1.29, 1.82) is 0 Å². The Bertz CT molecular complexity index is 1210. The van der Waals surface area contributed by atoms with Gasteiger partial charge in [0, 0.05) is 5.56 Å². The van der Waals surface area contributed by atoms with Crippen LogP contribution in [-0.2, 0) is 5.41 Å². The second-order valence-corrected chi connectivity index (χ2v) is 8.47. The van der Waals surface area contributed by atoms with E-state index in [0.717, 1.165) is 5.56 Å². The van der Waals surface area contributed by atoms with Gasteiger partial charge in [0.15, 0.2) is 11.4 Å². The zero-order chi connectivity index (χ0) is 22.0. The van der Waals surface area contributed by atoms with E-state index in [-0.39, 0.29) is 11.2 Å². The maximum absolute atomic E-state index is 13.4. The highest BCUT2D eigenvalue weighted by Gasteiger charge is 2.21. The smallest absolute Gasteiger partial charge is 0.231 e. The van der Waals surface area contributed by atoms with Gasteiger partial charge in [-0.1, -0.05) is 57.2 Å². The number of allylic oxidation sites excluding steroid dienone is 1. The molecule has 4 rings (SSSR count). The molecule has 4 heteroatoms. The lowest BCUT2D eigenvalue weighted by atomic mass is 9.86. The van der Waals surface area contributed by atoms with Crippen LogP contribution in [0.1, 0.15) is 48.1 Å². The number of fused-ring (bicyclic) bond motifs is 1. The van der Waals surface area contributed by atoms with Crippen molar-refractivity contribution in [1.82, 2.24) is 4.98 Å². The van der Waals surface area contributed by atoms with Crippen molar-refractivity contribution in [2.24, 2.45) is 0 Å². The fourth-order valence-electron chi connectivity index (χ4n) is 3.36. The van der Waals surface area contributed by atoms with Gasteiger partial charge in [0.1, 0.15) is 11.3 Å². The van der Waals surface area contributed by atoms with Gasteiger partial charge in [0.05, 0.1) is 12.7 Å². The number of para-hydroxylation sites is 2. The predicted molar refractivity (Wildman–Crippen MR) is 124 cm³/mol. The lowest BCUT2D eigenvalue weighted by Crippen LogP contribution is -2.10. The molecule has 0 unspecified atom stereocenters. The van der Waals surface area contributed by atoms with E-state index in [1.54, 1.807) is 31.4 Å². The summed E-state index contributed by atoms with van der Waals surface area (Å²) in [5.74, 6) is 0.845. The van der Waals surface area contributed by atoms with Crippen LogP contribution in [0.5, 0.6) is 5.75 Å². The van der Waals surface area contributed by atoms with Gasteiger partial charge in [-0.15, -0.1) is 0 Å². The minimum atomic E-state index is -0.158. The average molecular weight is 412 g/mol. The van der Waals surface area contributed by atoms with Gasteiger partial charge in [-0.05, 0) is 59.0 Å². The molecule has 0 N–H and O–H groups in total. The largest absolute Gasteiger partial charge is 0.497 e. The molecule has 0 spiro atoms. The van der Waals surface area contributed by atoms with E-state index >= 15 is 0 Å². The number of hydrogen-bond donors (Lipinski definition) is 0. The van der Waals surface area contributed by atoms with E-state index in [2.05, 4.69) is 37.9 Å². The normalized spacial score (nSPS) is 12.2. The number of hydrogen-bond acceptors (Lipinski definition) is 4. The lowest BCUT2D eigenvalue weighted by molar-refractivity contribution is 0.105. The number of carbonyl (C=O) groups is 1. The highest BCUT2D eigenvalue weighted by molar-refractivity contribution is 6.31. The number of Topliss-reactive ketones (excluding diaryl/α,β-unsaturated/α-hetero) is 1. The molecule has 156 valence electrons. The minimum Gasteiger partial charge on any atom is -0.497 e. The maximum Gasteiger partial charge on any atom is 0.231 e. The van der Waals surface area contributed by atoms with Crippen LogP contribution in [0.3, 0.4) is 0 Å². The molecule has 3 aromatic carbocycles. The molecule has 1 aromatic heterocycles. The highest BCUT2D eigenvalue weighted by Crippen LogP contribution is 2.28. The van der Waals surface area contributed by atoms with Gasteiger partial charge >= 0.3 is 0 Å². The fourth-order valence-corrected chi connectivity index (χ4v) is 3.36. The van der Waals surface area contributed by atoms with E-state index in [1.807, 2.05) is 42.5 Å². The van der Waals surface area contributed by atoms with Crippen LogP contribution in [0, 0.1) is 0 Å².